The maximum absolute atomic E-state index is 13.4. The first kappa shape index (κ1) is 17.9. The van der Waals surface area contributed by atoms with E-state index in [-0.39, 0.29) is 11.7 Å². The Balaban J connectivity index is 1.60. The van der Waals surface area contributed by atoms with Gasteiger partial charge in [-0.2, -0.15) is 0 Å². The molecule has 136 valence electrons. The predicted octanol–water partition coefficient (Wildman–Crippen LogP) is 3.62. The molecule has 1 atom stereocenters. The molecule has 1 aliphatic rings. The number of anilines is 2. The third-order valence-electron chi connectivity index (χ3n) is 4.58. The first-order valence-electron chi connectivity index (χ1n) is 8.72. The summed E-state index contributed by atoms with van der Waals surface area (Å²) in [5.41, 5.74) is 3.00. The normalized spacial score (nSPS) is 16.7. The Kier molecular flexibility index (Phi) is 5.21. The zero-order valence-electron chi connectivity index (χ0n) is 14.9. The third kappa shape index (κ3) is 3.85. The van der Waals surface area contributed by atoms with Gasteiger partial charge >= 0.3 is 6.03 Å². The highest BCUT2D eigenvalue weighted by Gasteiger charge is 2.33. The average Bonchev–Trinajstić information content (AvgIpc) is 2.98. The molecule has 0 unspecified atom stereocenters. The van der Waals surface area contributed by atoms with Gasteiger partial charge in [-0.05, 0) is 61.2 Å². The van der Waals surface area contributed by atoms with Crippen LogP contribution in [0, 0.1) is 12.7 Å². The average molecular weight is 355 g/mol. The van der Waals surface area contributed by atoms with E-state index in [1.54, 1.807) is 24.0 Å². The van der Waals surface area contributed by atoms with E-state index in [9.17, 15) is 14.0 Å². The van der Waals surface area contributed by atoms with Crippen molar-refractivity contribution in [3.05, 3.63) is 59.4 Å². The number of urea groups is 1. The van der Waals surface area contributed by atoms with Crippen LogP contribution in [0.5, 0.6) is 0 Å². The minimum atomic E-state index is -0.588. The maximum atomic E-state index is 13.4. The van der Waals surface area contributed by atoms with E-state index < -0.39 is 12.1 Å². The van der Waals surface area contributed by atoms with Gasteiger partial charge in [0.25, 0.3) is 0 Å². The quantitative estimate of drug-likeness (QED) is 0.880. The summed E-state index contributed by atoms with van der Waals surface area (Å²) in [7, 11) is 0. The lowest BCUT2D eigenvalue weighted by molar-refractivity contribution is -0.118. The van der Waals surface area contributed by atoms with Crippen molar-refractivity contribution >= 4 is 23.3 Å². The lowest BCUT2D eigenvalue weighted by Gasteiger charge is -2.18. The van der Waals surface area contributed by atoms with Gasteiger partial charge in [-0.15, -0.1) is 0 Å². The van der Waals surface area contributed by atoms with Crippen LogP contribution in [-0.4, -0.2) is 24.5 Å². The van der Waals surface area contributed by atoms with Crippen molar-refractivity contribution in [2.24, 2.45) is 0 Å². The first-order chi connectivity index (χ1) is 12.5. The van der Waals surface area contributed by atoms with Crippen LogP contribution in [0.3, 0.4) is 0 Å². The molecule has 26 heavy (non-hydrogen) atoms. The van der Waals surface area contributed by atoms with Crippen LogP contribution in [0.1, 0.15) is 24.5 Å². The van der Waals surface area contributed by atoms with Gasteiger partial charge in [0.05, 0.1) is 0 Å². The van der Waals surface area contributed by atoms with Crippen molar-refractivity contribution in [1.29, 1.82) is 0 Å². The topological polar surface area (TPSA) is 61.4 Å². The number of nitrogens with zero attached hydrogens (tertiary/aromatic N) is 1. The number of carbonyl (C=O) groups is 2. The molecule has 2 aromatic rings. The van der Waals surface area contributed by atoms with E-state index in [1.165, 1.54) is 11.6 Å². The molecule has 1 fully saturated rings. The number of aryl methyl sites for hydroxylation is 2. The summed E-state index contributed by atoms with van der Waals surface area (Å²) >= 11 is 0. The van der Waals surface area contributed by atoms with Gasteiger partial charge in [0.1, 0.15) is 11.9 Å². The molecule has 6 heteroatoms. The number of amides is 3. The summed E-state index contributed by atoms with van der Waals surface area (Å²) in [5.74, 6) is -0.490. The molecule has 1 heterocycles. The number of benzene rings is 2. The largest absolute Gasteiger partial charge is 0.326 e. The van der Waals surface area contributed by atoms with Crippen LogP contribution in [-0.2, 0) is 11.2 Å². The third-order valence-corrected chi connectivity index (χ3v) is 4.58. The zero-order valence-corrected chi connectivity index (χ0v) is 14.9. The molecule has 2 aromatic carbocycles. The maximum Gasteiger partial charge on any atom is 0.319 e. The Bertz CT molecular complexity index is 820. The number of hydrogen-bond acceptors (Lipinski definition) is 2. The van der Waals surface area contributed by atoms with Crippen LogP contribution in [0.4, 0.5) is 20.6 Å². The summed E-state index contributed by atoms with van der Waals surface area (Å²) in [6, 6.07) is 11.2. The Morgan fingerprint density at radius 3 is 2.62 bits per heavy atom. The number of rotatable bonds is 4. The van der Waals surface area contributed by atoms with Crippen LogP contribution in [0.15, 0.2) is 42.5 Å². The van der Waals surface area contributed by atoms with E-state index in [4.69, 9.17) is 0 Å². The predicted molar refractivity (Wildman–Crippen MR) is 99.9 cm³/mol. The van der Waals surface area contributed by atoms with Crippen LogP contribution >= 0.6 is 0 Å². The van der Waals surface area contributed by atoms with Crippen molar-refractivity contribution < 1.29 is 14.0 Å². The van der Waals surface area contributed by atoms with Gasteiger partial charge in [-0.1, -0.05) is 19.1 Å². The fourth-order valence-electron chi connectivity index (χ4n) is 3.02. The monoisotopic (exact) mass is 355 g/mol. The molecule has 3 amide bonds. The molecule has 0 aliphatic carbocycles. The molecule has 0 saturated carbocycles. The molecule has 1 saturated heterocycles. The molecule has 2 N–H and O–H groups in total. The van der Waals surface area contributed by atoms with Gasteiger partial charge in [0.2, 0.25) is 5.91 Å². The summed E-state index contributed by atoms with van der Waals surface area (Å²) < 4.78 is 13.4. The van der Waals surface area contributed by atoms with Gasteiger partial charge < -0.3 is 15.5 Å². The van der Waals surface area contributed by atoms with Gasteiger partial charge in [0.15, 0.2) is 0 Å². The fraction of sp³-hybridized carbons (Fsp3) is 0.300. The van der Waals surface area contributed by atoms with E-state index in [1.807, 2.05) is 24.3 Å². The van der Waals surface area contributed by atoms with Gasteiger partial charge in [0, 0.05) is 17.9 Å². The lowest BCUT2D eigenvalue weighted by atomic mass is 10.1. The van der Waals surface area contributed by atoms with E-state index in [0.717, 1.165) is 6.42 Å². The minimum Gasteiger partial charge on any atom is -0.326 e. The zero-order chi connectivity index (χ0) is 18.7. The van der Waals surface area contributed by atoms with E-state index >= 15 is 0 Å². The van der Waals surface area contributed by atoms with E-state index in [0.29, 0.717) is 29.9 Å². The molecule has 3 rings (SSSR count). The highest BCUT2D eigenvalue weighted by molar-refractivity contribution is 6.02. The second kappa shape index (κ2) is 7.56. The van der Waals surface area contributed by atoms with Gasteiger partial charge in [-0.25, -0.2) is 9.18 Å². The van der Waals surface area contributed by atoms with Gasteiger partial charge in [-0.3, -0.25) is 4.79 Å². The highest BCUT2D eigenvalue weighted by Crippen LogP contribution is 2.24. The molecule has 0 aromatic heterocycles. The lowest BCUT2D eigenvalue weighted by Crippen LogP contribution is -2.43. The summed E-state index contributed by atoms with van der Waals surface area (Å²) in [6.45, 7) is 4.21. The molecule has 5 nitrogen and oxygen atoms in total. The summed E-state index contributed by atoms with van der Waals surface area (Å²) in [4.78, 5) is 26.3. The molecular weight excluding hydrogens is 333 g/mol. The number of halogens is 1. The number of nitrogens with one attached hydrogen (secondary N) is 2. The van der Waals surface area contributed by atoms with E-state index in [2.05, 4.69) is 17.6 Å². The molecule has 0 spiro atoms. The summed E-state index contributed by atoms with van der Waals surface area (Å²) in [6.07, 6.45) is 1.44. The standard InChI is InChI=1S/C20H22FN3O2/c1-3-14-4-6-15(7-5-14)22-20(26)23-18-10-11-24(19(18)25)16-8-9-17(21)13(2)12-16/h4-9,12,18H,3,10-11H2,1-2H3,(H2,22,23,26)/t18-/m1/s1. The first-order valence-corrected chi connectivity index (χ1v) is 8.72. The molecule has 0 radical (unpaired) electrons. The minimum absolute atomic E-state index is 0.188. The smallest absolute Gasteiger partial charge is 0.319 e. The number of carbonyl (C=O) groups excluding carboxylic acids is 2. The number of hydrogen-bond donors (Lipinski definition) is 2. The van der Waals surface area contributed by atoms with Crippen molar-refractivity contribution in [2.45, 2.75) is 32.7 Å². The van der Waals surface area contributed by atoms with Crippen LogP contribution < -0.4 is 15.5 Å². The Morgan fingerprint density at radius 1 is 1.23 bits per heavy atom. The molecule has 1 aliphatic heterocycles. The second-order valence-electron chi connectivity index (χ2n) is 6.41. The Hall–Kier alpha value is -2.89. The van der Waals surface area contributed by atoms with Crippen LogP contribution in [0.2, 0.25) is 0 Å². The second-order valence-corrected chi connectivity index (χ2v) is 6.41. The van der Waals surface area contributed by atoms with Crippen molar-refractivity contribution in [3.63, 3.8) is 0 Å². The van der Waals surface area contributed by atoms with Crippen molar-refractivity contribution in [1.82, 2.24) is 5.32 Å². The fourth-order valence-corrected chi connectivity index (χ4v) is 3.02. The summed E-state index contributed by atoms with van der Waals surface area (Å²) in [5, 5.41) is 5.46. The molecule has 0 bridgehead atoms. The Morgan fingerprint density at radius 2 is 1.96 bits per heavy atom. The van der Waals surface area contributed by atoms with Crippen LogP contribution in [0.25, 0.3) is 0 Å². The van der Waals surface area contributed by atoms with Crippen molar-refractivity contribution in [2.75, 3.05) is 16.8 Å². The Labute approximate surface area is 152 Å². The SMILES string of the molecule is CCc1ccc(NC(=O)N[C@@H]2CCN(c3ccc(F)c(C)c3)C2=O)cc1. The highest BCUT2D eigenvalue weighted by atomic mass is 19.1. The van der Waals surface area contributed by atoms with Crippen molar-refractivity contribution in [3.8, 4) is 0 Å². The molecular formula is C20H22FN3O2.